The van der Waals surface area contributed by atoms with Crippen molar-refractivity contribution in [3.8, 4) is 0 Å². The Labute approximate surface area is 85.4 Å². The zero-order valence-electron chi connectivity index (χ0n) is 7.88. The van der Waals surface area contributed by atoms with Gasteiger partial charge in [-0.2, -0.15) is 0 Å². The van der Waals surface area contributed by atoms with E-state index >= 15 is 0 Å². The molecule has 1 aliphatic rings. The van der Waals surface area contributed by atoms with Crippen molar-refractivity contribution in [2.75, 3.05) is 0 Å². The number of nitrogens with one attached hydrogen (secondary N) is 2. The van der Waals surface area contributed by atoms with Crippen molar-refractivity contribution in [2.24, 2.45) is 23.4 Å². The van der Waals surface area contributed by atoms with Crippen LogP contribution in [0.15, 0.2) is 0 Å². The molecule has 1 saturated carbocycles. The van der Waals surface area contributed by atoms with Crippen molar-refractivity contribution in [2.45, 2.75) is 18.5 Å². The Morgan fingerprint density at radius 2 is 1.33 bits per heavy atom. The van der Waals surface area contributed by atoms with Crippen LogP contribution in [0.1, 0.15) is 6.42 Å². The first-order valence-corrected chi connectivity index (χ1v) is 4.12. The molecule has 0 aromatic heterocycles. The van der Waals surface area contributed by atoms with Gasteiger partial charge in [0.2, 0.25) is 0 Å². The molecule has 0 aliphatic heterocycles. The van der Waals surface area contributed by atoms with Crippen LogP contribution in [-0.2, 0) is 0 Å². The van der Waals surface area contributed by atoms with Gasteiger partial charge in [0.1, 0.15) is 0 Å². The van der Waals surface area contributed by atoms with E-state index in [4.69, 9.17) is 23.4 Å². The molecule has 0 aromatic carbocycles. The number of amides is 4. The highest BCUT2D eigenvalue weighted by atomic mass is 16.2. The fraction of sp³-hybridized carbons (Fsp3) is 0.600. The summed E-state index contributed by atoms with van der Waals surface area (Å²) in [5.41, 5.74) is 3.73. The molecule has 0 heterocycles. The Bertz CT molecular complexity index is 244. The Balaban J connectivity index is 2.46. The van der Waals surface area contributed by atoms with Gasteiger partial charge in [-0.3, -0.25) is 20.9 Å². The first-order valence-electron chi connectivity index (χ1n) is 4.12. The second kappa shape index (κ2) is 4.27. The third-order valence-corrected chi connectivity index (χ3v) is 2.15. The zero-order valence-corrected chi connectivity index (χ0v) is 7.88. The molecule has 0 radical (unpaired) electrons. The maximum atomic E-state index is 11.0. The van der Waals surface area contributed by atoms with E-state index in [1.807, 2.05) is 10.9 Å². The third kappa shape index (κ3) is 2.24. The highest BCUT2D eigenvalue weighted by Gasteiger charge is 2.48. The first kappa shape index (κ1) is 11.5. The Hall–Kier alpha value is -1.62. The Morgan fingerprint density at radius 3 is 1.60 bits per heavy atom. The normalized spacial score (nSPS) is 22.9. The van der Waals surface area contributed by atoms with Crippen molar-refractivity contribution < 1.29 is 9.59 Å². The van der Waals surface area contributed by atoms with E-state index in [1.165, 1.54) is 0 Å². The average Bonchev–Trinajstić information content (AvgIpc) is 3.04. The number of rotatable bonds is 2. The zero-order chi connectivity index (χ0) is 11.6. The van der Waals surface area contributed by atoms with Crippen LogP contribution in [-0.4, -0.2) is 34.2 Å². The molecule has 86 valence electrons. The lowest BCUT2D eigenvalue weighted by Crippen LogP contribution is -2.54. The summed E-state index contributed by atoms with van der Waals surface area (Å²) in [6, 6.07) is -2.00. The lowest BCUT2D eigenvalue weighted by molar-refractivity contribution is 0.175. The highest BCUT2D eigenvalue weighted by Crippen LogP contribution is 2.29. The summed E-state index contributed by atoms with van der Waals surface area (Å²) in [4.78, 5) is 22.0. The molecule has 0 saturated heterocycles. The summed E-state index contributed by atoms with van der Waals surface area (Å²) in [7, 11) is 0. The molecule has 15 heavy (non-hydrogen) atoms. The SMILES string of the molecule is NNC(=O)N(N)[C@@H]1C[C@@H]1N(N)C(=O)NN. The second-order valence-electron chi connectivity index (χ2n) is 3.08. The maximum absolute atomic E-state index is 11.0. The van der Waals surface area contributed by atoms with Crippen molar-refractivity contribution in [1.82, 2.24) is 20.9 Å². The van der Waals surface area contributed by atoms with Crippen molar-refractivity contribution in [3.63, 3.8) is 0 Å². The topological polar surface area (TPSA) is 169 Å². The molecule has 0 aromatic rings. The van der Waals surface area contributed by atoms with Gasteiger partial charge < -0.3 is 0 Å². The van der Waals surface area contributed by atoms with E-state index in [-0.39, 0.29) is 12.1 Å². The van der Waals surface area contributed by atoms with Crippen molar-refractivity contribution in [1.29, 1.82) is 0 Å². The van der Waals surface area contributed by atoms with Crippen molar-refractivity contribution in [3.05, 3.63) is 0 Å². The standard InChI is InChI=1S/C5H14N8O2/c6-10-4(14)12(8)2-1-3(2)13(9)5(15)11-7/h2-3H,1,6-9H2,(H,10,14)(H,11,15)/t2-,3+. The van der Waals surface area contributed by atoms with Gasteiger partial charge in [-0.25, -0.2) is 33.0 Å². The lowest BCUT2D eigenvalue weighted by Gasteiger charge is -2.19. The summed E-state index contributed by atoms with van der Waals surface area (Å²) in [5.74, 6) is 20.6. The Morgan fingerprint density at radius 1 is 1.00 bits per heavy atom. The van der Waals surface area contributed by atoms with E-state index in [1.54, 1.807) is 0 Å². The molecule has 0 spiro atoms. The van der Waals surface area contributed by atoms with Crippen LogP contribution < -0.4 is 34.2 Å². The number of urea groups is 2. The van der Waals surface area contributed by atoms with E-state index in [2.05, 4.69) is 0 Å². The molecule has 1 rings (SSSR count). The van der Waals surface area contributed by atoms with Gasteiger partial charge in [0.25, 0.3) is 0 Å². The average molecular weight is 218 g/mol. The molecule has 2 atom stereocenters. The molecule has 0 bridgehead atoms. The van der Waals surface area contributed by atoms with E-state index in [9.17, 15) is 9.59 Å². The molecular weight excluding hydrogens is 204 g/mol. The largest absolute Gasteiger partial charge is 0.345 e. The molecule has 4 amide bonds. The van der Waals surface area contributed by atoms with E-state index in [0.29, 0.717) is 6.42 Å². The number of nitrogens with two attached hydrogens (primary N) is 4. The molecular formula is C5H14N8O2. The van der Waals surface area contributed by atoms with Crippen LogP contribution >= 0.6 is 0 Å². The quantitative estimate of drug-likeness (QED) is 0.161. The highest BCUT2D eigenvalue weighted by molar-refractivity contribution is 5.75. The number of carbonyl (C=O) groups excluding carboxylic acids is 2. The van der Waals surface area contributed by atoms with Gasteiger partial charge in [0.15, 0.2) is 0 Å². The fourth-order valence-electron chi connectivity index (χ4n) is 1.22. The summed E-state index contributed by atoms with van der Waals surface area (Å²) < 4.78 is 0. The number of hydrogen-bond acceptors (Lipinski definition) is 6. The monoisotopic (exact) mass is 218 g/mol. The minimum atomic E-state index is -0.649. The number of hydrogen-bond donors (Lipinski definition) is 6. The molecule has 0 unspecified atom stereocenters. The van der Waals surface area contributed by atoms with Gasteiger partial charge in [0.05, 0.1) is 12.1 Å². The van der Waals surface area contributed by atoms with Crippen molar-refractivity contribution >= 4 is 12.1 Å². The minimum Gasteiger partial charge on any atom is -0.275 e. The summed E-state index contributed by atoms with van der Waals surface area (Å²) in [6.07, 6.45) is 0.480. The van der Waals surface area contributed by atoms with Crippen LogP contribution in [0.5, 0.6) is 0 Å². The predicted molar refractivity (Wildman–Crippen MR) is 49.7 cm³/mol. The molecule has 1 fully saturated rings. The summed E-state index contributed by atoms with van der Waals surface area (Å²) >= 11 is 0. The predicted octanol–water partition coefficient (Wildman–Crippen LogP) is -3.35. The number of hydrazine groups is 4. The number of carbonyl (C=O) groups is 2. The Kier molecular flexibility index (Phi) is 3.26. The van der Waals surface area contributed by atoms with Gasteiger partial charge in [-0.05, 0) is 6.42 Å². The van der Waals surface area contributed by atoms with Crippen LogP contribution in [0.3, 0.4) is 0 Å². The molecule has 10 heteroatoms. The first-order chi connectivity index (χ1) is 7.02. The van der Waals surface area contributed by atoms with Gasteiger partial charge in [0, 0.05) is 0 Å². The van der Waals surface area contributed by atoms with Crippen LogP contribution in [0.25, 0.3) is 0 Å². The molecule has 10 N–H and O–H groups in total. The fourth-order valence-corrected chi connectivity index (χ4v) is 1.22. The smallest absolute Gasteiger partial charge is 0.275 e. The molecule has 1 aliphatic carbocycles. The van der Waals surface area contributed by atoms with Crippen LogP contribution in [0.4, 0.5) is 9.59 Å². The van der Waals surface area contributed by atoms with E-state index < -0.39 is 12.1 Å². The van der Waals surface area contributed by atoms with Gasteiger partial charge >= 0.3 is 12.1 Å². The van der Waals surface area contributed by atoms with Gasteiger partial charge in [-0.15, -0.1) is 0 Å². The second-order valence-corrected chi connectivity index (χ2v) is 3.08. The summed E-state index contributed by atoms with van der Waals surface area (Å²) in [5, 5.41) is 1.77. The lowest BCUT2D eigenvalue weighted by atomic mass is 10.6. The van der Waals surface area contributed by atoms with E-state index in [0.717, 1.165) is 10.0 Å². The maximum Gasteiger partial charge on any atom is 0.345 e. The summed E-state index contributed by atoms with van der Waals surface area (Å²) in [6.45, 7) is 0. The van der Waals surface area contributed by atoms with Gasteiger partial charge in [-0.1, -0.05) is 0 Å². The van der Waals surface area contributed by atoms with Crippen LogP contribution in [0.2, 0.25) is 0 Å². The number of nitrogens with zero attached hydrogens (tertiary/aromatic N) is 2. The molecule has 10 nitrogen and oxygen atoms in total. The minimum absolute atomic E-state index is 0.351. The third-order valence-electron chi connectivity index (χ3n) is 2.15. The van der Waals surface area contributed by atoms with Crippen LogP contribution in [0, 0.1) is 0 Å².